The zero-order valence-corrected chi connectivity index (χ0v) is 19.0. The number of furan rings is 1. The van der Waals surface area contributed by atoms with Gasteiger partial charge < -0.3 is 9.15 Å². The molecule has 0 aliphatic carbocycles. The van der Waals surface area contributed by atoms with E-state index in [-0.39, 0.29) is 16.6 Å². The van der Waals surface area contributed by atoms with Crippen molar-refractivity contribution in [1.82, 2.24) is 0 Å². The molecule has 1 aliphatic rings. The molecule has 4 rings (SSSR count). The molecule has 162 valence electrons. The van der Waals surface area contributed by atoms with Crippen LogP contribution in [0.5, 0.6) is 5.75 Å². The molecular weight excluding hydrogens is 472 g/mol. The summed E-state index contributed by atoms with van der Waals surface area (Å²) in [5, 5.41) is 11.6. The number of anilines is 1. The largest absolute Gasteiger partial charge is 0.494 e. The number of ether oxygens (including phenoxy) is 1. The van der Waals surface area contributed by atoms with Gasteiger partial charge in [0.15, 0.2) is 4.32 Å². The predicted molar refractivity (Wildman–Crippen MR) is 129 cm³/mol. The molecule has 3 aromatic rings. The minimum absolute atomic E-state index is 0.166. The number of amides is 1. The fourth-order valence-electron chi connectivity index (χ4n) is 3.12. The monoisotopic (exact) mass is 486 g/mol. The molecule has 1 saturated heterocycles. The van der Waals surface area contributed by atoms with Crippen molar-refractivity contribution in [3.63, 3.8) is 0 Å². The van der Waals surface area contributed by atoms with Gasteiger partial charge >= 0.3 is 0 Å². The highest BCUT2D eigenvalue weighted by Gasteiger charge is 2.33. The second kappa shape index (κ2) is 9.15. The second-order valence-electron chi connectivity index (χ2n) is 6.56. The zero-order chi connectivity index (χ0) is 22.8. The van der Waals surface area contributed by atoms with Gasteiger partial charge in [0, 0.05) is 17.2 Å². The molecule has 7 nitrogen and oxygen atoms in total. The number of hydrogen-bond acceptors (Lipinski definition) is 7. The van der Waals surface area contributed by atoms with E-state index in [9.17, 15) is 14.9 Å². The summed E-state index contributed by atoms with van der Waals surface area (Å²) in [6.07, 6.45) is 1.57. The number of nitrogens with zero attached hydrogens (tertiary/aromatic N) is 2. The third kappa shape index (κ3) is 4.40. The topological polar surface area (TPSA) is 85.8 Å². The molecule has 2 heterocycles. The third-order valence-electron chi connectivity index (χ3n) is 4.52. The normalized spacial score (nSPS) is 14.9. The quantitative estimate of drug-likeness (QED) is 0.174. The number of halogens is 1. The Morgan fingerprint density at radius 3 is 2.66 bits per heavy atom. The summed E-state index contributed by atoms with van der Waals surface area (Å²) < 4.78 is 11.6. The Morgan fingerprint density at radius 1 is 1.22 bits per heavy atom. The summed E-state index contributed by atoms with van der Waals surface area (Å²) in [6, 6.07) is 14.7. The van der Waals surface area contributed by atoms with Crippen LogP contribution >= 0.6 is 35.6 Å². The van der Waals surface area contributed by atoms with Crippen molar-refractivity contribution in [2.45, 2.75) is 6.92 Å². The number of nitro groups is 1. The number of rotatable bonds is 6. The SMILES string of the molecule is CCOc1ccc(N2C(=O)/C(=C\c3ccc(-c4ccc(Cl)cc4[N+](=O)[O-])o3)SC2=S)cc1. The smallest absolute Gasteiger partial charge is 0.281 e. The van der Waals surface area contributed by atoms with Crippen molar-refractivity contribution in [1.29, 1.82) is 0 Å². The van der Waals surface area contributed by atoms with Gasteiger partial charge in [0.25, 0.3) is 11.6 Å². The number of nitro benzene ring substituents is 1. The fourth-order valence-corrected chi connectivity index (χ4v) is 4.56. The van der Waals surface area contributed by atoms with Crippen molar-refractivity contribution >= 4 is 63.3 Å². The fraction of sp³-hybridized carbons (Fsp3) is 0.0909. The van der Waals surface area contributed by atoms with Crippen LogP contribution in [-0.4, -0.2) is 21.8 Å². The molecule has 0 N–H and O–H groups in total. The Kier molecular flexibility index (Phi) is 6.31. The van der Waals surface area contributed by atoms with Crippen LogP contribution in [0.1, 0.15) is 12.7 Å². The molecule has 32 heavy (non-hydrogen) atoms. The van der Waals surface area contributed by atoms with Crippen LogP contribution in [0, 0.1) is 10.1 Å². The Morgan fingerprint density at radius 2 is 1.97 bits per heavy atom. The first-order chi connectivity index (χ1) is 15.4. The summed E-state index contributed by atoms with van der Waals surface area (Å²) in [4.78, 5) is 25.6. The highest BCUT2D eigenvalue weighted by Crippen LogP contribution is 2.38. The van der Waals surface area contributed by atoms with Crippen LogP contribution in [0.3, 0.4) is 0 Å². The van der Waals surface area contributed by atoms with E-state index < -0.39 is 4.92 Å². The third-order valence-corrected chi connectivity index (χ3v) is 6.06. The average Bonchev–Trinajstić information content (AvgIpc) is 3.33. The molecule has 0 radical (unpaired) electrons. The minimum Gasteiger partial charge on any atom is -0.494 e. The second-order valence-corrected chi connectivity index (χ2v) is 8.68. The van der Waals surface area contributed by atoms with Gasteiger partial charge in [-0.05, 0) is 55.5 Å². The molecule has 1 aromatic heterocycles. The van der Waals surface area contributed by atoms with Gasteiger partial charge in [0.1, 0.15) is 17.3 Å². The number of hydrogen-bond donors (Lipinski definition) is 0. The molecule has 0 unspecified atom stereocenters. The van der Waals surface area contributed by atoms with Gasteiger partial charge in [-0.2, -0.15) is 0 Å². The molecule has 10 heteroatoms. The maximum atomic E-state index is 13.0. The van der Waals surface area contributed by atoms with E-state index in [1.165, 1.54) is 17.0 Å². The van der Waals surface area contributed by atoms with Crippen LogP contribution in [0.15, 0.2) is 63.9 Å². The Balaban J connectivity index is 1.59. The average molecular weight is 487 g/mol. The lowest BCUT2D eigenvalue weighted by Gasteiger charge is -2.15. The molecular formula is C22H15ClN2O5S2. The first-order valence-corrected chi connectivity index (χ1v) is 11.0. The summed E-state index contributed by atoms with van der Waals surface area (Å²) in [6.45, 7) is 2.44. The van der Waals surface area contributed by atoms with Gasteiger partial charge in [-0.1, -0.05) is 35.6 Å². The summed E-state index contributed by atoms with van der Waals surface area (Å²) in [5.74, 6) is 1.09. The van der Waals surface area contributed by atoms with E-state index in [2.05, 4.69) is 0 Å². The van der Waals surface area contributed by atoms with Crippen LogP contribution in [0.25, 0.3) is 17.4 Å². The predicted octanol–water partition coefficient (Wildman–Crippen LogP) is 6.31. The van der Waals surface area contributed by atoms with Crippen LogP contribution < -0.4 is 9.64 Å². The lowest BCUT2D eigenvalue weighted by Crippen LogP contribution is -2.27. The standard InChI is InChI=1S/C22H15ClN2O5S2/c1-2-29-15-6-4-14(5-7-15)24-21(26)20(32-22(24)31)12-16-8-10-19(30-16)17-9-3-13(23)11-18(17)25(27)28/h3-12H,2H2,1H3/b20-12+. The van der Waals surface area contributed by atoms with E-state index in [0.29, 0.717) is 44.4 Å². The van der Waals surface area contributed by atoms with E-state index in [1.54, 1.807) is 48.5 Å². The van der Waals surface area contributed by atoms with E-state index >= 15 is 0 Å². The molecule has 0 spiro atoms. The van der Waals surface area contributed by atoms with E-state index in [0.717, 1.165) is 11.8 Å². The van der Waals surface area contributed by atoms with Crippen LogP contribution in [-0.2, 0) is 4.79 Å². The highest BCUT2D eigenvalue weighted by atomic mass is 35.5. The van der Waals surface area contributed by atoms with Gasteiger partial charge in [0.2, 0.25) is 0 Å². The molecule has 1 aliphatic heterocycles. The molecule has 1 fully saturated rings. The lowest BCUT2D eigenvalue weighted by molar-refractivity contribution is -0.384. The molecule has 0 saturated carbocycles. The van der Waals surface area contributed by atoms with Crippen molar-refractivity contribution in [3.8, 4) is 17.1 Å². The molecule has 2 aromatic carbocycles. The van der Waals surface area contributed by atoms with E-state index in [1.807, 2.05) is 6.92 Å². The number of thioether (sulfide) groups is 1. The van der Waals surface area contributed by atoms with Crippen molar-refractivity contribution in [2.24, 2.45) is 0 Å². The molecule has 1 amide bonds. The van der Waals surface area contributed by atoms with Crippen molar-refractivity contribution < 1.29 is 18.9 Å². The first kappa shape index (κ1) is 22.1. The maximum absolute atomic E-state index is 13.0. The summed E-state index contributed by atoms with van der Waals surface area (Å²) in [7, 11) is 0. The Bertz CT molecular complexity index is 1250. The van der Waals surface area contributed by atoms with E-state index in [4.69, 9.17) is 33.0 Å². The Hall–Kier alpha value is -3.14. The van der Waals surface area contributed by atoms with Crippen LogP contribution in [0.4, 0.5) is 11.4 Å². The number of benzene rings is 2. The highest BCUT2D eigenvalue weighted by molar-refractivity contribution is 8.27. The minimum atomic E-state index is -0.522. The van der Waals surface area contributed by atoms with Gasteiger partial charge in [0.05, 0.1) is 27.7 Å². The Labute approximate surface area is 197 Å². The zero-order valence-electron chi connectivity index (χ0n) is 16.6. The maximum Gasteiger partial charge on any atom is 0.281 e. The summed E-state index contributed by atoms with van der Waals surface area (Å²) >= 11 is 12.4. The van der Waals surface area contributed by atoms with Gasteiger partial charge in [-0.15, -0.1) is 0 Å². The number of carbonyl (C=O) groups excluding carboxylic acids is 1. The summed E-state index contributed by atoms with van der Waals surface area (Å²) in [5.41, 5.74) is 0.762. The van der Waals surface area contributed by atoms with Crippen LogP contribution in [0.2, 0.25) is 5.02 Å². The van der Waals surface area contributed by atoms with Gasteiger partial charge in [-0.25, -0.2) is 0 Å². The lowest BCUT2D eigenvalue weighted by atomic mass is 10.1. The molecule has 0 atom stereocenters. The first-order valence-electron chi connectivity index (χ1n) is 9.42. The van der Waals surface area contributed by atoms with Crippen molar-refractivity contribution in [3.05, 3.63) is 80.4 Å². The molecule has 0 bridgehead atoms. The van der Waals surface area contributed by atoms with Gasteiger partial charge in [-0.3, -0.25) is 19.8 Å². The van der Waals surface area contributed by atoms with Crippen molar-refractivity contribution in [2.75, 3.05) is 11.5 Å². The number of thiocarbonyl (C=S) groups is 1. The number of carbonyl (C=O) groups is 1.